The fourth-order valence-corrected chi connectivity index (χ4v) is 3.43. The molecule has 140 valence electrons. The minimum Gasteiger partial charge on any atom is -0.497 e. The van der Waals surface area contributed by atoms with Crippen molar-refractivity contribution in [1.29, 1.82) is 0 Å². The van der Waals surface area contributed by atoms with Crippen molar-refractivity contribution in [2.45, 2.75) is 0 Å². The molecule has 2 heterocycles. The largest absolute Gasteiger partial charge is 0.497 e. The zero-order chi connectivity index (χ0) is 19.3. The number of hydrogen-bond acceptors (Lipinski definition) is 7. The summed E-state index contributed by atoms with van der Waals surface area (Å²) in [6.07, 6.45) is 3.49. The van der Waals surface area contributed by atoms with Crippen molar-refractivity contribution in [3.8, 4) is 33.3 Å². The highest BCUT2D eigenvalue weighted by molar-refractivity contribution is 7.13. The van der Waals surface area contributed by atoms with Gasteiger partial charge >= 0.3 is 0 Å². The summed E-state index contributed by atoms with van der Waals surface area (Å²) in [5.41, 5.74) is 3.61. The van der Waals surface area contributed by atoms with Crippen molar-refractivity contribution < 1.29 is 9.47 Å². The molecular weight excluding hydrogens is 372 g/mol. The number of nitrogens with one attached hydrogen (secondary N) is 1. The average molecular weight is 390 g/mol. The summed E-state index contributed by atoms with van der Waals surface area (Å²) in [4.78, 5) is 13.2. The van der Waals surface area contributed by atoms with Crippen LogP contribution in [0.15, 0.2) is 66.3 Å². The summed E-state index contributed by atoms with van der Waals surface area (Å²) in [6, 6.07) is 15.6. The Kier molecular flexibility index (Phi) is 5.16. The summed E-state index contributed by atoms with van der Waals surface area (Å²) >= 11 is 1.54. The first-order chi connectivity index (χ1) is 13.8. The quantitative estimate of drug-likeness (QED) is 0.498. The van der Waals surface area contributed by atoms with Crippen LogP contribution in [0.2, 0.25) is 0 Å². The second-order valence-electron chi connectivity index (χ2n) is 5.87. The molecule has 1 N–H and O–H groups in total. The third kappa shape index (κ3) is 3.79. The number of nitrogens with zero attached hydrogens (tertiary/aromatic N) is 3. The van der Waals surface area contributed by atoms with Crippen LogP contribution < -0.4 is 14.8 Å². The van der Waals surface area contributed by atoms with Gasteiger partial charge in [0.15, 0.2) is 0 Å². The molecule has 4 rings (SSSR count). The van der Waals surface area contributed by atoms with Crippen molar-refractivity contribution in [3.05, 3.63) is 66.3 Å². The van der Waals surface area contributed by atoms with Gasteiger partial charge in [-0.25, -0.2) is 15.0 Å². The molecule has 0 atom stereocenters. The third-order valence-corrected chi connectivity index (χ3v) is 4.94. The van der Waals surface area contributed by atoms with E-state index in [2.05, 4.69) is 20.3 Å². The lowest BCUT2D eigenvalue weighted by atomic mass is 10.0. The maximum atomic E-state index is 5.51. The normalized spacial score (nSPS) is 10.5. The van der Waals surface area contributed by atoms with Gasteiger partial charge in [0.1, 0.15) is 22.2 Å². The first kappa shape index (κ1) is 17.9. The number of anilines is 2. The smallest absolute Gasteiger partial charge is 0.227 e. The van der Waals surface area contributed by atoms with Crippen LogP contribution in [0, 0.1) is 0 Å². The Morgan fingerprint density at radius 2 is 1.86 bits per heavy atom. The van der Waals surface area contributed by atoms with Gasteiger partial charge in [0, 0.05) is 29.0 Å². The molecule has 7 heteroatoms. The lowest BCUT2D eigenvalue weighted by molar-refractivity contribution is 0.404. The molecule has 0 amide bonds. The van der Waals surface area contributed by atoms with Gasteiger partial charge in [0.2, 0.25) is 5.95 Å². The molecule has 0 saturated heterocycles. The molecule has 2 aromatic heterocycles. The highest BCUT2D eigenvalue weighted by Gasteiger charge is 2.10. The lowest BCUT2D eigenvalue weighted by Gasteiger charge is -2.12. The summed E-state index contributed by atoms with van der Waals surface area (Å²) in [5.74, 6) is 2.07. The Hall–Kier alpha value is -3.45. The second-order valence-corrected chi connectivity index (χ2v) is 6.77. The van der Waals surface area contributed by atoms with Crippen molar-refractivity contribution in [1.82, 2.24) is 15.0 Å². The Labute approximate surface area is 166 Å². The summed E-state index contributed by atoms with van der Waals surface area (Å²) in [7, 11) is 3.31. The Morgan fingerprint density at radius 1 is 0.929 bits per heavy atom. The number of methoxy groups -OCH3 is 2. The standard InChI is InChI=1S/C21H18N4O2S/c1-26-16-6-7-19(27-2)17(13-16)14-4-3-5-15(12-14)24-21-23-9-8-18(25-21)20-22-10-11-28-20/h3-13H,1-2H3,(H,23,24,25). The molecular formula is C21H18N4O2S. The van der Waals surface area contributed by atoms with Gasteiger partial charge in [-0.1, -0.05) is 12.1 Å². The molecule has 28 heavy (non-hydrogen) atoms. The molecule has 6 nitrogen and oxygen atoms in total. The molecule has 0 aliphatic carbocycles. The SMILES string of the molecule is COc1ccc(OC)c(-c2cccc(Nc3nccc(-c4nccs4)n3)c2)c1. The molecule has 0 unspecified atom stereocenters. The first-order valence-electron chi connectivity index (χ1n) is 8.59. The van der Waals surface area contributed by atoms with E-state index in [1.807, 2.05) is 53.9 Å². The monoisotopic (exact) mass is 390 g/mol. The number of rotatable bonds is 6. The van der Waals surface area contributed by atoms with Crippen LogP contribution in [-0.4, -0.2) is 29.2 Å². The fraction of sp³-hybridized carbons (Fsp3) is 0.0952. The maximum absolute atomic E-state index is 5.51. The van der Waals surface area contributed by atoms with Crippen LogP contribution in [0.1, 0.15) is 0 Å². The number of thiazole rings is 1. The van der Waals surface area contributed by atoms with Crippen LogP contribution in [-0.2, 0) is 0 Å². The molecule has 0 spiro atoms. The van der Waals surface area contributed by atoms with Gasteiger partial charge < -0.3 is 14.8 Å². The minimum absolute atomic E-state index is 0.516. The molecule has 0 fully saturated rings. The van der Waals surface area contributed by atoms with Crippen molar-refractivity contribution >= 4 is 23.0 Å². The number of hydrogen-bond donors (Lipinski definition) is 1. The number of aromatic nitrogens is 3. The molecule has 0 aliphatic heterocycles. The Balaban J connectivity index is 1.64. The van der Waals surface area contributed by atoms with E-state index in [-0.39, 0.29) is 0 Å². The zero-order valence-corrected chi connectivity index (χ0v) is 16.2. The fourth-order valence-electron chi connectivity index (χ4n) is 2.82. The Bertz CT molecular complexity index is 1080. The van der Waals surface area contributed by atoms with Crippen molar-refractivity contribution in [2.75, 3.05) is 19.5 Å². The van der Waals surface area contributed by atoms with Crippen LogP contribution in [0.25, 0.3) is 21.8 Å². The third-order valence-electron chi connectivity index (χ3n) is 4.14. The van der Waals surface area contributed by atoms with E-state index in [1.54, 1.807) is 38.0 Å². The first-order valence-corrected chi connectivity index (χ1v) is 9.47. The number of ether oxygens (including phenoxy) is 2. The predicted molar refractivity (Wildman–Crippen MR) is 111 cm³/mol. The molecule has 2 aromatic carbocycles. The highest BCUT2D eigenvalue weighted by atomic mass is 32.1. The van der Waals surface area contributed by atoms with Crippen molar-refractivity contribution in [2.24, 2.45) is 0 Å². The van der Waals surface area contributed by atoms with Crippen LogP contribution in [0.4, 0.5) is 11.6 Å². The molecule has 4 aromatic rings. The van der Waals surface area contributed by atoms with E-state index >= 15 is 0 Å². The highest BCUT2D eigenvalue weighted by Crippen LogP contribution is 2.34. The van der Waals surface area contributed by atoms with Crippen LogP contribution in [0.5, 0.6) is 11.5 Å². The second kappa shape index (κ2) is 8.06. The zero-order valence-electron chi connectivity index (χ0n) is 15.4. The van der Waals surface area contributed by atoms with Gasteiger partial charge in [-0.2, -0.15) is 0 Å². The van der Waals surface area contributed by atoms with Crippen molar-refractivity contribution in [3.63, 3.8) is 0 Å². The molecule has 0 radical (unpaired) electrons. The van der Waals surface area contributed by atoms with E-state index in [0.29, 0.717) is 5.95 Å². The molecule has 0 aliphatic rings. The van der Waals surface area contributed by atoms with Gasteiger partial charge in [-0.3, -0.25) is 0 Å². The van der Waals surface area contributed by atoms with E-state index in [4.69, 9.17) is 9.47 Å². The van der Waals surface area contributed by atoms with Crippen LogP contribution in [0.3, 0.4) is 0 Å². The predicted octanol–water partition coefficient (Wildman–Crippen LogP) is 5.03. The lowest BCUT2D eigenvalue weighted by Crippen LogP contribution is -1.98. The van der Waals surface area contributed by atoms with Gasteiger partial charge in [0.25, 0.3) is 0 Å². The van der Waals surface area contributed by atoms with Gasteiger partial charge in [-0.05, 0) is 42.0 Å². The van der Waals surface area contributed by atoms with E-state index in [1.165, 1.54) is 0 Å². The van der Waals surface area contributed by atoms with Gasteiger partial charge in [0.05, 0.1) is 14.2 Å². The molecule has 0 saturated carbocycles. The Morgan fingerprint density at radius 3 is 2.64 bits per heavy atom. The summed E-state index contributed by atoms with van der Waals surface area (Å²) in [5, 5.41) is 6.05. The van der Waals surface area contributed by atoms with Crippen LogP contribution >= 0.6 is 11.3 Å². The summed E-state index contributed by atoms with van der Waals surface area (Å²) in [6.45, 7) is 0. The maximum Gasteiger partial charge on any atom is 0.227 e. The summed E-state index contributed by atoms with van der Waals surface area (Å²) < 4.78 is 10.9. The molecule has 0 bridgehead atoms. The number of benzene rings is 2. The van der Waals surface area contributed by atoms with E-state index in [0.717, 1.165) is 39.0 Å². The topological polar surface area (TPSA) is 69.2 Å². The minimum atomic E-state index is 0.516. The van der Waals surface area contributed by atoms with E-state index in [9.17, 15) is 0 Å². The average Bonchev–Trinajstić information content (AvgIpc) is 3.29. The van der Waals surface area contributed by atoms with Gasteiger partial charge in [-0.15, -0.1) is 11.3 Å². The van der Waals surface area contributed by atoms with E-state index < -0.39 is 0 Å².